The highest BCUT2D eigenvalue weighted by atomic mass is 35.5. The zero-order chi connectivity index (χ0) is 23.8. The lowest BCUT2D eigenvalue weighted by molar-refractivity contribution is -0.136. The van der Waals surface area contributed by atoms with E-state index in [0.717, 1.165) is 0 Å². The fourth-order valence-corrected chi connectivity index (χ4v) is 5.99. The number of amides is 4. The quantitative estimate of drug-likeness (QED) is 0.371. The molecule has 1 aromatic rings. The van der Waals surface area contributed by atoms with Gasteiger partial charge in [0, 0.05) is 27.7 Å². The van der Waals surface area contributed by atoms with Gasteiger partial charge >= 0.3 is 6.03 Å². The van der Waals surface area contributed by atoms with E-state index in [1.807, 2.05) is 6.08 Å². The summed E-state index contributed by atoms with van der Waals surface area (Å²) in [5, 5.41) is 10.0. The molecule has 0 saturated carbocycles. The first kappa shape index (κ1) is 21.3. The normalized spacial score (nSPS) is 28.8. The van der Waals surface area contributed by atoms with E-state index in [0.29, 0.717) is 27.2 Å². The molecule has 4 amide bonds. The molecule has 1 aromatic carbocycles. The zero-order valence-corrected chi connectivity index (χ0v) is 18.3. The molecule has 3 aliphatic carbocycles. The number of benzene rings is 1. The molecule has 168 valence electrons. The van der Waals surface area contributed by atoms with Crippen LogP contribution in [0, 0.1) is 17.8 Å². The number of Topliss-reactive ketones (excluding diaryl/α,β-unsaturated/α-hetero) is 1. The highest BCUT2D eigenvalue weighted by molar-refractivity contribution is 6.32. The third-order valence-corrected chi connectivity index (χ3v) is 7.40. The number of urea groups is 1. The van der Waals surface area contributed by atoms with E-state index < -0.39 is 41.5 Å². The number of primary amides is 1. The smallest absolute Gasteiger partial charge is 0.328 e. The first-order chi connectivity index (χ1) is 15.6. The first-order valence-corrected chi connectivity index (χ1v) is 10.9. The van der Waals surface area contributed by atoms with Crippen molar-refractivity contribution in [2.75, 3.05) is 0 Å². The molecule has 0 radical (unpaired) electrons. The molecule has 3 N–H and O–H groups in total. The third-order valence-electron chi connectivity index (χ3n) is 7.08. The second-order valence-corrected chi connectivity index (χ2v) is 9.19. The summed E-state index contributed by atoms with van der Waals surface area (Å²) in [6, 6.07) is 3.24. The van der Waals surface area contributed by atoms with Crippen LogP contribution in [0.4, 0.5) is 4.79 Å². The van der Waals surface area contributed by atoms with Gasteiger partial charge in [0.1, 0.15) is 5.75 Å². The zero-order valence-electron chi connectivity index (χ0n) is 17.5. The number of aromatic hydroxyl groups is 1. The van der Waals surface area contributed by atoms with Gasteiger partial charge in [-0.05, 0) is 49.5 Å². The Bertz CT molecular complexity index is 1290. The molecule has 0 spiro atoms. The predicted molar refractivity (Wildman–Crippen MR) is 116 cm³/mol. The van der Waals surface area contributed by atoms with Crippen molar-refractivity contribution >= 4 is 41.0 Å². The maximum atomic E-state index is 13.1. The van der Waals surface area contributed by atoms with E-state index in [2.05, 4.69) is 0 Å². The van der Waals surface area contributed by atoms with Gasteiger partial charge in [-0.3, -0.25) is 19.2 Å². The molecule has 0 bridgehead atoms. The molecule has 4 atom stereocenters. The van der Waals surface area contributed by atoms with Crippen molar-refractivity contribution in [3.8, 4) is 5.75 Å². The van der Waals surface area contributed by atoms with Crippen LogP contribution in [0.25, 0.3) is 0 Å². The number of allylic oxidation sites excluding steroid dienone is 6. The molecule has 4 aliphatic rings. The van der Waals surface area contributed by atoms with Gasteiger partial charge in [-0.25, -0.2) is 4.79 Å². The van der Waals surface area contributed by atoms with Crippen LogP contribution in [0.1, 0.15) is 31.2 Å². The minimum Gasteiger partial charge on any atom is -0.508 e. The van der Waals surface area contributed by atoms with Crippen LogP contribution in [-0.4, -0.2) is 39.4 Å². The standard InChI is InChI=1S/C24H19ClN2O6/c1-9-6-17(29)20-15(21(9)30)8-14-11(18(20)12-3-2-10(28)7-16(12)25)4-5-13-19(14)23(32)27(22(13)31)24(26)33/h2-4,6-7,13-14,18-19,28H,5,8H2,1H3,(H2,26,33)/t13-,14+,18+,19-/m0/s1. The van der Waals surface area contributed by atoms with E-state index in [-0.39, 0.29) is 40.8 Å². The fraction of sp³-hybridized carbons (Fsp3) is 0.292. The van der Waals surface area contributed by atoms with Crippen molar-refractivity contribution in [3.63, 3.8) is 0 Å². The monoisotopic (exact) mass is 466 g/mol. The Morgan fingerprint density at radius 1 is 1.15 bits per heavy atom. The fourth-order valence-electron chi connectivity index (χ4n) is 5.70. The third kappa shape index (κ3) is 2.94. The SMILES string of the molecule is CC1=CC(=O)C2=C(C[C@@H]3C(=CC[C@@H]4C(=O)N(C(N)=O)C(=O)[C@@H]43)[C@@H]2c2ccc(O)cc2Cl)C1=O. The average molecular weight is 467 g/mol. The number of nitrogens with zero attached hydrogens (tertiary/aromatic N) is 1. The van der Waals surface area contributed by atoms with E-state index in [1.54, 1.807) is 13.0 Å². The summed E-state index contributed by atoms with van der Waals surface area (Å²) in [6.07, 6.45) is 3.39. The van der Waals surface area contributed by atoms with Crippen molar-refractivity contribution in [1.29, 1.82) is 0 Å². The second-order valence-electron chi connectivity index (χ2n) is 8.78. The van der Waals surface area contributed by atoms with Gasteiger partial charge in [0.2, 0.25) is 11.8 Å². The van der Waals surface area contributed by atoms with Gasteiger partial charge in [-0.2, -0.15) is 4.90 Å². The van der Waals surface area contributed by atoms with Crippen molar-refractivity contribution in [3.05, 3.63) is 63.2 Å². The Morgan fingerprint density at radius 3 is 2.55 bits per heavy atom. The molecule has 5 rings (SSSR count). The number of carbonyl (C=O) groups excluding carboxylic acids is 5. The number of ketones is 2. The minimum absolute atomic E-state index is 0.0570. The second kappa shape index (κ2) is 7.25. The van der Waals surface area contributed by atoms with Crippen LogP contribution in [0.5, 0.6) is 5.75 Å². The van der Waals surface area contributed by atoms with Crippen molar-refractivity contribution in [2.24, 2.45) is 23.5 Å². The van der Waals surface area contributed by atoms with Gasteiger partial charge < -0.3 is 10.8 Å². The maximum absolute atomic E-state index is 13.1. The van der Waals surface area contributed by atoms with E-state index >= 15 is 0 Å². The first-order valence-electron chi connectivity index (χ1n) is 10.5. The topological polar surface area (TPSA) is 135 Å². The highest BCUT2D eigenvalue weighted by Crippen LogP contribution is 2.55. The van der Waals surface area contributed by atoms with Crippen LogP contribution < -0.4 is 5.73 Å². The number of carbonyl (C=O) groups is 5. The summed E-state index contributed by atoms with van der Waals surface area (Å²) in [6.45, 7) is 1.56. The summed E-state index contributed by atoms with van der Waals surface area (Å²) in [7, 11) is 0. The molecule has 0 aromatic heterocycles. The van der Waals surface area contributed by atoms with Gasteiger partial charge in [-0.1, -0.05) is 29.3 Å². The molecule has 1 heterocycles. The Kier molecular flexibility index (Phi) is 4.68. The Hall–Kier alpha value is -3.52. The number of fused-ring (bicyclic) bond motifs is 3. The predicted octanol–water partition coefficient (Wildman–Crippen LogP) is 2.55. The van der Waals surface area contributed by atoms with Crippen LogP contribution in [-0.2, 0) is 19.2 Å². The lowest BCUT2D eigenvalue weighted by Gasteiger charge is -2.42. The Balaban J connectivity index is 1.72. The van der Waals surface area contributed by atoms with Gasteiger partial charge in [0.05, 0.1) is 11.8 Å². The number of hydrogen-bond donors (Lipinski definition) is 2. The van der Waals surface area contributed by atoms with Crippen molar-refractivity contribution in [2.45, 2.75) is 25.7 Å². The lowest BCUT2D eigenvalue weighted by Crippen LogP contribution is -2.42. The molecule has 1 aliphatic heterocycles. The van der Waals surface area contributed by atoms with E-state index in [1.165, 1.54) is 18.2 Å². The molecular weight excluding hydrogens is 448 g/mol. The van der Waals surface area contributed by atoms with Gasteiger partial charge in [0.15, 0.2) is 11.6 Å². The Labute approximate surface area is 193 Å². The van der Waals surface area contributed by atoms with Crippen LogP contribution in [0.3, 0.4) is 0 Å². The molecule has 1 saturated heterocycles. The number of imide groups is 3. The number of nitrogens with two attached hydrogens (primary N) is 1. The summed E-state index contributed by atoms with van der Waals surface area (Å²) in [5.41, 5.74) is 7.37. The summed E-state index contributed by atoms with van der Waals surface area (Å²) < 4.78 is 0. The number of phenols is 1. The van der Waals surface area contributed by atoms with Crippen molar-refractivity contribution in [1.82, 2.24) is 4.90 Å². The summed E-state index contributed by atoms with van der Waals surface area (Å²) in [5.74, 6) is -4.93. The molecular formula is C24H19ClN2O6. The van der Waals surface area contributed by atoms with Crippen LogP contribution in [0.15, 0.2) is 52.6 Å². The summed E-state index contributed by atoms with van der Waals surface area (Å²) in [4.78, 5) is 64.3. The number of halogens is 1. The number of likely N-dealkylation sites (tertiary alicyclic amines) is 1. The number of phenolic OH excluding ortho intramolecular Hbond substituents is 1. The van der Waals surface area contributed by atoms with Gasteiger partial charge in [0.25, 0.3) is 0 Å². The largest absolute Gasteiger partial charge is 0.508 e. The van der Waals surface area contributed by atoms with Crippen LogP contribution >= 0.6 is 11.6 Å². The summed E-state index contributed by atoms with van der Waals surface area (Å²) >= 11 is 6.45. The number of hydrogen-bond acceptors (Lipinski definition) is 6. The minimum atomic E-state index is -1.13. The van der Waals surface area contributed by atoms with Crippen molar-refractivity contribution < 1.29 is 29.1 Å². The highest BCUT2D eigenvalue weighted by Gasteiger charge is 2.57. The van der Waals surface area contributed by atoms with Gasteiger partial charge in [-0.15, -0.1) is 0 Å². The molecule has 33 heavy (non-hydrogen) atoms. The van der Waals surface area contributed by atoms with E-state index in [4.69, 9.17) is 17.3 Å². The maximum Gasteiger partial charge on any atom is 0.328 e. The van der Waals surface area contributed by atoms with E-state index in [9.17, 15) is 29.1 Å². The van der Waals surface area contributed by atoms with Crippen LogP contribution in [0.2, 0.25) is 5.02 Å². The molecule has 8 nitrogen and oxygen atoms in total. The molecule has 9 heteroatoms. The average Bonchev–Trinajstić information content (AvgIpc) is 3.01. The number of rotatable bonds is 1. The molecule has 1 fully saturated rings. The Morgan fingerprint density at radius 2 is 1.88 bits per heavy atom. The lowest BCUT2D eigenvalue weighted by atomic mass is 9.59. The molecule has 0 unspecified atom stereocenters.